The fourth-order valence-electron chi connectivity index (χ4n) is 2.60. The van der Waals surface area contributed by atoms with Crippen LogP contribution in [0.5, 0.6) is 0 Å². The Hall–Kier alpha value is -1.10. The fourth-order valence-corrected chi connectivity index (χ4v) is 2.60. The zero-order chi connectivity index (χ0) is 19.7. The van der Waals surface area contributed by atoms with Gasteiger partial charge in [0.2, 0.25) is 5.91 Å². The van der Waals surface area contributed by atoms with Crippen LogP contribution in [0, 0.1) is 0 Å². The van der Waals surface area contributed by atoms with Gasteiger partial charge in [0.15, 0.2) is 5.96 Å². The van der Waals surface area contributed by atoms with Crippen molar-refractivity contribution in [2.45, 2.75) is 52.2 Å². The molecule has 1 aliphatic rings. The van der Waals surface area contributed by atoms with Crippen LogP contribution < -0.4 is 10.6 Å². The number of nitrogens with one attached hydrogen (secondary N) is 2. The van der Waals surface area contributed by atoms with Crippen molar-refractivity contribution in [1.82, 2.24) is 20.4 Å². The number of carbonyl (C=O) groups is 2. The number of nitrogens with zero attached hydrogens (tertiary/aromatic N) is 3. The number of esters is 1. The van der Waals surface area contributed by atoms with E-state index in [1.54, 1.807) is 19.0 Å². The highest BCUT2D eigenvalue weighted by molar-refractivity contribution is 14.0. The first-order chi connectivity index (χ1) is 12.1. The van der Waals surface area contributed by atoms with Gasteiger partial charge in [0.1, 0.15) is 12.1 Å². The first-order valence-corrected chi connectivity index (χ1v) is 9.30. The molecule has 0 aromatic carbocycles. The Labute approximate surface area is 180 Å². The van der Waals surface area contributed by atoms with E-state index in [9.17, 15) is 9.59 Å². The van der Waals surface area contributed by atoms with E-state index in [0.717, 1.165) is 32.5 Å². The number of guanidine groups is 1. The van der Waals surface area contributed by atoms with Crippen molar-refractivity contribution in [3.05, 3.63) is 0 Å². The monoisotopic (exact) mass is 497 g/mol. The van der Waals surface area contributed by atoms with Crippen LogP contribution in [0.3, 0.4) is 0 Å². The molecule has 8 nitrogen and oxygen atoms in total. The van der Waals surface area contributed by atoms with Gasteiger partial charge in [0.25, 0.3) is 0 Å². The quantitative estimate of drug-likeness (QED) is 0.247. The van der Waals surface area contributed by atoms with Crippen molar-refractivity contribution in [3.8, 4) is 0 Å². The first kappa shape index (κ1) is 25.9. The van der Waals surface area contributed by atoms with E-state index in [1.807, 2.05) is 27.7 Å². The third kappa shape index (κ3) is 11.4. The largest absolute Gasteiger partial charge is 0.459 e. The second-order valence-electron chi connectivity index (χ2n) is 7.76. The van der Waals surface area contributed by atoms with E-state index in [4.69, 9.17) is 4.74 Å². The summed E-state index contributed by atoms with van der Waals surface area (Å²) in [6.45, 7) is 10.4. The number of amides is 1. The van der Waals surface area contributed by atoms with Gasteiger partial charge < -0.3 is 20.3 Å². The van der Waals surface area contributed by atoms with Crippen LogP contribution in [0.15, 0.2) is 4.99 Å². The molecule has 0 atom stereocenters. The van der Waals surface area contributed by atoms with Crippen molar-refractivity contribution in [2.24, 2.45) is 4.99 Å². The number of hydrogen-bond acceptors (Lipinski definition) is 5. The summed E-state index contributed by atoms with van der Waals surface area (Å²) >= 11 is 0. The van der Waals surface area contributed by atoms with Gasteiger partial charge in [0, 0.05) is 39.8 Å². The second-order valence-corrected chi connectivity index (χ2v) is 7.76. The minimum Gasteiger partial charge on any atom is -0.459 e. The molecule has 1 amide bonds. The third-order valence-electron chi connectivity index (χ3n) is 3.92. The van der Waals surface area contributed by atoms with Crippen LogP contribution in [-0.2, 0) is 14.3 Å². The highest BCUT2D eigenvalue weighted by atomic mass is 127. The van der Waals surface area contributed by atoms with Gasteiger partial charge in [0.05, 0.1) is 6.54 Å². The summed E-state index contributed by atoms with van der Waals surface area (Å²) in [5, 5.41) is 6.54. The molecule has 1 fully saturated rings. The molecule has 2 N–H and O–H groups in total. The summed E-state index contributed by atoms with van der Waals surface area (Å²) in [6, 6.07) is 0.275. The lowest BCUT2D eigenvalue weighted by Crippen LogP contribution is -2.50. The molecule has 0 aromatic rings. The maximum Gasteiger partial charge on any atom is 0.328 e. The lowest BCUT2D eigenvalue weighted by Gasteiger charge is -2.33. The molecule has 0 radical (unpaired) electrons. The lowest BCUT2D eigenvalue weighted by molar-refractivity contribution is -0.152. The van der Waals surface area contributed by atoms with E-state index in [-0.39, 0.29) is 48.4 Å². The summed E-state index contributed by atoms with van der Waals surface area (Å²) < 4.78 is 5.28. The summed E-state index contributed by atoms with van der Waals surface area (Å²) in [4.78, 5) is 31.8. The van der Waals surface area contributed by atoms with Gasteiger partial charge in [-0.2, -0.15) is 0 Å². The van der Waals surface area contributed by atoms with Crippen LogP contribution >= 0.6 is 24.0 Å². The molecule has 1 aliphatic heterocycles. The number of likely N-dealkylation sites (tertiary alicyclic amines) is 1. The van der Waals surface area contributed by atoms with Crippen molar-refractivity contribution in [2.75, 3.05) is 46.8 Å². The highest BCUT2D eigenvalue weighted by Crippen LogP contribution is 2.10. The van der Waals surface area contributed by atoms with Crippen molar-refractivity contribution in [1.29, 1.82) is 0 Å². The molecular formula is C18H36IN5O3. The Morgan fingerprint density at radius 2 is 1.81 bits per heavy atom. The Morgan fingerprint density at radius 1 is 1.22 bits per heavy atom. The number of likely N-dealkylation sites (N-methyl/N-ethyl adjacent to an activating group) is 1. The van der Waals surface area contributed by atoms with Crippen molar-refractivity contribution >= 4 is 41.8 Å². The number of halogens is 1. The first-order valence-electron chi connectivity index (χ1n) is 9.30. The number of ether oxygens (including phenoxy) is 1. The molecule has 158 valence electrons. The summed E-state index contributed by atoms with van der Waals surface area (Å²) in [5.74, 6) is 0.413. The SMILES string of the molecule is CCNC(=NCC(=O)OC(C)(C)C)NC1CCN(CC(=O)N(C)C)CC1.I. The van der Waals surface area contributed by atoms with E-state index in [1.165, 1.54) is 0 Å². The van der Waals surface area contributed by atoms with Crippen molar-refractivity contribution in [3.63, 3.8) is 0 Å². The van der Waals surface area contributed by atoms with Crippen LogP contribution in [0.1, 0.15) is 40.5 Å². The van der Waals surface area contributed by atoms with Gasteiger partial charge in [-0.25, -0.2) is 4.99 Å². The second kappa shape index (κ2) is 12.4. The van der Waals surface area contributed by atoms with Gasteiger partial charge in [-0.15, -0.1) is 24.0 Å². The molecule has 9 heteroatoms. The molecule has 0 spiro atoms. The predicted molar refractivity (Wildman–Crippen MR) is 119 cm³/mol. The van der Waals surface area contributed by atoms with E-state index in [2.05, 4.69) is 20.5 Å². The Kier molecular flexibility index (Phi) is 11.9. The molecule has 0 bridgehead atoms. The lowest BCUT2D eigenvalue weighted by atomic mass is 10.1. The maximum atomic E-state index is 11.8. The molecule has 0 aliphatic carbocycles. The van der Waals surface area contributed by atoms with Gasteiger partial charge >= 0.3 is 5.97 Å². The maximum absolute atomic E-state index is 11.8. The molecule has 0 unspecified atom stereocenters. The summed E-state index contributed by atoms with van der Waals surface area (Å²) in [6.07, 6.45) is 1.86. The molecule has 27 heavy (non-hydrogen) atoms. The molecule has 0 saturated carbocycles. The zero-order valence-electron chi connectivity index (χ0n) is 17.5. The molecule has 1 saturated heterocycles. The molecular weight excluding hydrogens is 461 g/mol. The van der Waals surface area contributed by atoms with Crippen LogP contribution in [0.25, 0.3) is 0 Å². The zero-order valence-corrected chi connectivity index (χ0v) is 19.8. The van der Waals surface area contributed by atoms with E-state index < -0.39 is 5.60 Å². The minimum absolute atomic E-state index is 0. The normalized spacial score (nSPS) is 16.3. The molecule has 1 rings (SSSR count). The predicted octanol–water partition coefficient (Wildman–Crippen LogP) is 1.05. The summed E-state index contributed by atoms with van der Waals surface area (Å²) in [7, 11) is 3.56. The van der Waals surface area contributed by atoms with Crippen LogP contribution in [0.2, 0.25) is 0 Å². The third-order valence-corrected chi connectivity index (χ3v) is 3.92. The molecule has 0 aromatic heterocycles. The number of hydrogen-bond donors (Lipinski definition) is 2. The topological polar surface area (TPSA) is 86.3 Å². The Balaban J connectivity index is 0.00000676. The number of piperidine rings is 1. The Morgan fingerprint density at radius 3 is 2.30 bits per heavy atom. The number of rotatable bonds is 6. The summed E-state index contributed by atoms with van der Waals surface area (Å²) in [5.41, 5.74) is -0.505. The highest BCUT2D eigenvalue weighted by Gasteiger charge is 2.22. The average molecular weight is 497 g/mol. The molecule has 1 heterocycles. The van der Waals surface area contributed by atoms with Gasteiger partial charge in [-0.05, 0) is 40.5 Å². The smallest absolute Gasteiger partial charge is 0.328 e. The number of aliphatic imine (C=N–C) groups is 1. The van der Waals surface area contributed by atoms with Crippen LogP contribution in [-0.4, -0.2) is 86.1 Å². The number of carbonyl (C=O) groups excluding carboxylic acids is 2. The van der Waals surface area contributed by atoms with Gasteiger partial charge in [-0.1, -0.05) is 0 Å². The minimum atomic E-state index is -0.505. The average Bonchev–Trinajstić information content (AvgIpc) is 2.53. The Bertz CT molecular complexity index is 498. The van der Waals surface area contributed by atoms with Crippen molar-refractivity contribution < 1.29 is 14.3 Å². The van der Waals surface area contributed by atoms with E-state index in [0.29, 0.717) is 12.5 Å². The van der Waals surface area contributed by atoms with Gasteiger partial charge in [-0.3, -0.25) is 14.5 Å². The fraction of sp³-hybridized carbons (Fsp3) is 0.833. The standard InChI is InChI=1S/C18H35N5O3.HI/c1-7-19-17(20-12-16(25)26-18(2,3)4)21-14-8-10-23(11-9-14)13-15(24)22(5)6;/h14H,7-13H2,1-6H3,(H2,19,20,21);1H. The van der Waals surface area contributed by atoms with E-state index >= 15 is 0 Å². The van der Waals surface area contributed by atoms with Crippen LogP contribution in [0.4, 0.5) is 0 Å².